The maximum absolute atomic E-state index is 12.9. The quantitative estimate of drug-likeness (QED) is 0.317. The highest BCUT2D eigenvalue weighted by Crippen LogP contribution is 2.31. The Bertz CT molecular complexity index is 1050. The third-order valence-electron chi connectivity index (χ3n) is 5.93. The van der Waals surface area contributed by atoms with Crippen molar-refractivity contribution >= 4 is 34.9 Å². The number of carbonyl (C=O) groups is 2. The van der Waals surface area contributed by atoms with Crippen molar-refractivity contribution in [2.45, 2.75) is 32.2 Å². The van der Waals surface area contributed by atoms with Crippen LogP contribution in [-0.2, 0) is 19.1 Å². The molecule has 0 saturated heterocycles. The first-order chi connectivity index (χ1) is 16.4. The van der Waals surface area contributed by atoms with Gasteiger partial charge in [-0.3, -0.25) is 4.79 Å². The average molecular weight is 482 g/mol. The lowest BCUT2D eigenvalue weighted by Crippen LogP contribution is -2.46. The molecule has 1 aliphatic rings. The Morgan fingerprint density at radius 3 is 2.41 bits per heavy atom. The molecule has 2 aromatic rings. The van der Waals surface area contributed by atoms with Gasteiger partial charge in [-0.25, -0.2) is 4.79 Å². The number of rotatable bonds is 9. The van der Waals surface area contributed by atoms with Crippen LogP contribution in [-0.4, -0.2) is 49.3 Å². The van der Waals surface area contributed by atoms with E-state index in [1.54, 1.807) is 19.1 Å². The standard InChI is InChI=1S/C26H31N3O4S/c1-5-21(18-9-7-6-8-10-18)24(30)27-20-13-11-19(12-14-20)23-22(25(31)33-16-15-32-4)17(2)29(3)26(34)28-23/h6-14,21,23H,5,15-16H2,1-4H3,(H,27,30)(H,28,34). The molecule has 0 fully saturated rings. The van der Waals surface area contributed by atoms with E-state index in [0.717, 1.165) is 16.8 Å². The maximum atomic E-state index is 12.9. The van der Waals surface area contributed by atoms with Gasteiger partial charge in [0.15, 0.2) is 5.11 Å². The molecule has 8 heteroatoms. The van der Waals surface area contributed by atoms with Gasteiger partial charge in [-0.1, -0.05) is 49.4 Å². The first-order valence-corrected chi connectivity index (χ1v) is 11.6. The summed E-state index contributed by atoms with van der Waals surface area (Å²) < 4.78 is 10.4. The summed E-state index contributed by atoms with van der Waals surface area (Å²) in [5, 5.41) is 6.74. The zero-order valence-electron chi connectivity index (χ0n) is 20.0. The lowest BCUT2D eigenvalue weighted by molar-refractivity contribution is -0.140. The molecular weight excluding hydrogens is 450 g/mol. The summed E-state index contributed by atoms with van der Waals surface area (Å²) in [7, 11) is 3.36. The number of benzene rings is 2. The van der Waals surface area contributed by atoms with Gasteiger partial charge in [0.25, 0.3) is 0 Å². The molecule has 3 rings (SSSR count). The normalized spacial score (nSPS) is 16.6. The zero-order chi connectivity index (χ0) is 24.7. The number of amides is 1. The van der Waals surface area contributed by atoms with Gasteiger partial charge in [0, 0.05) is 25.5 Å². The Morgan fingerprint density at radius 2 is 1.79 bits per heavy atom. The van der Waals surface area contributed by atoms with Crippen LogP contribution in [0.3, 0.4) is 0 Å². The number of nitrogens with zero attached hydrogens (tertiary/aromatic N) is 1. The van der Waals surface area contributed by atoms with E-state index in [0.29, 0.717) is 29.4 Å². The van der Waals surface area contributed by atoms with Gasteiger partial charge >= 0.3 is 5.97 Å². The van der Waals surface area contributed by atoms with Crippen LogP contribution in [0.4, 0.5) is 5.69 Å². The van der Waals surface area contributed by atoms with Crippen LogP contribution >= 0.6 is 12.2 Å². The summed E-state index contributed by atoms with van der Waals surface area (Å²) in [6.45, 7) is 4.32. The molecule has 7 nitrogen and oxygen atoms in total. The zero-order valence-corrected chi connectivity index (χ0v) is 20.8. The van der Waals surface area contributed by atoms with E-state index in [2.05, 4.69) is 10.6 Å². The molecule has 0 aromatic heterocycles. The molecule has 1 aliphatic heterocycles. The van der Waals surface area contributed by atoms with Crippen molar-refractivity contribution in [2.75, 3.05) is 32.7 Å². The molecule has 0 spiro atoms. The van der Waals surface area contributed by atoms with E-state index in [-0.39, 0.29) is 18.4 Å². The monoisotopic (exact) mass is 481 g/mol. The number of ether oxygens (including phenoxy) is 2. The third-order valence-corrected chi connectivity index (χ3v) is 6.32. The first-order valence-electron chi connectivity index (χ1n) is 11.2. The largest absolute Gasteiger partial charge is 0.460 e. The number of allylic oxidation sites excluding steroid dienone is 1. The summed E-state index contributed by atoms with van der Waals surface area (Å²) in [6.07, 6.45) is 0.698. The Morgan fingerprint density at radius 1 is 1.12 bits per heavy atom. The molecule has 2 unspecified atom stereocenters. The molecule has 0 saturated carbocycles. The van der Waals surface area contributed by atoms with E-state index in [9.17, 15) is 9.59 Å². The SMILES string of the molecule is CCC(C(=O)Nc1ccc(C2NC(=S)N(C)C(C)=C2C(=O)OCCOC)cc1)c1ccccc1. The number of nitrogens with one attached hydrogen (secondary N) is 2. The van der Waals surface area contributed by atoms with E-state index in [1.807, 2.05) is 68.4 Å². The van der Waals surface area contributed by atoms with Crippen molar-refractivity contribution in [2.24, 2.45) is 0 Å². The number of hydrogen-bond acceptors (Lipinski definition) is 5. The summed E-state index contributed by atoms with van der Waals surface area (Å²) >= 11 is 5.45. The summed E-state index contributed by atoms with van der Waals surface area (Å²) in [4.78, 5) is 27.5. The fraction of sp³-hybridized carbons (Fsp3) is 0.346. The van der Waals surface area contributed by atoms with Crippen molar-refractivity contribution in [3.8, 4) is 0 Å². The highest BCUT2D eigenvalue weighted by Gasteiger charge is 2.33. The topological polar surface area (TPSA) is 79.9 Å². The molecule has 0 aliphatic carbocycles. The number of methoxy groups -OCH3 is 1. The molecule has 2 atom stereocenters. The molecule has 180 valence electrons. The minimum atomic E-state index is -0.462. The van der Waals surface area contributed by atoms with Crippen LogP contribution in [0.2, 0.25) is 0 Å². The van der Waals surface area contributed by atoms with Gasteiger partial charge in [-0.05, 0) is 48.8 Å². The molecule has 34 heavy (non-hydrogen) atoms. The molecule has 0 bridgehead atoms. The van der Waals surface area contributed by atoms with Gasteiger partial charge in [0.2, 0.25) is 5.91 Å². The number of hydrogen-bond donors (Lipinski definition) is 2. The second-order valence-electron chi connectivity index (χ2n) is 8.05. The molecule has 0 radical (unpaired) electrons. The van der Waals surface area contributed by atoms with Crippen molar-refractivity contribution in [3.05, 3.63) is 77.0 Å². The number of carbonyl (C=O) groups excluding carboxylic acids is 2. The fourth-order valence-corrected chi connectivity index (χ4v) is 4.15. The van der Waals surface area contributed by atoms with E-state index < -0.39 is 12.0 Å². The van der Waals surface area contributed by atoms with Crippen molar-refractivity contribution in [3.63, 3.8) is 0 Å². The average Bonchev–Trinajstić information content (AvgIpc) is 2.84. The van der Waals surface area contributed by atoms with Crippen LogP contribution in [0.5, 0.6) is 0 Å². The molecular formula is C26H31N3O4S. The number of anilines is 1. The highest BCUT2D eigenvalue weighted by atomic mass is 32.1. The fourth-order valence-electron chi connectivity index (χ4n) is 3.89. The number of esters is 1. The van der Waals surface area contributed by atoms with Crippen LogP contribution in [0.1, 0.15) is 43.4 Å². The first kappa shape index (κ1) is 25.4. The molecule has 2 N–H and O–H groups in total. The molecule has 1 heterocycles. The Kier molecular flexibility index (Phi) is 8.79. The van der Waals surface area contributed by atoms with Gasteiger partial charge in [-0.2, -0.15) is 0 Å². The van der Waals surface area contributed by atoms with Crippen molar-refractivity contribution < 1.29 is 19.1 Å². The van der Waals surface area contributed by atoms with Crippen molar-refractivity contribution in [1.29, 1.82) is 0 Å². The summed E-state index contributed by atoms with van der Waals surface area (Å²) in [5.74, 6) is -0.710. The predicted molar refractivity (Wildman–Crippen MR) is 136 cm³/mol. The minimum absolute atomic E-state index is 0.0572. The minimum Gasteiger partial charge on any atom is -0.460 e. The van der Waals surface area contributed by atoms with E-state index in [1.165, 1.54) is 0 Å². The van der Waals surface area contributed by atoms with Crippen LogP contribution in [0, 0.1) is 0 Å². The number of thiocarbonyl (C=S) groups is 1. The van der Waals surface area contributed by atoms with Gasteiger partial charge in [-0.15, -0.1) is 0 Å². The van der Waals surface area contributed by atoms with Gasteiger partial charge in [0.05, 0.1) is 24.1 Å². The van der Waals surface area contributed by atoms with E-state index >= 15 is 0 Å². The highest BCUT2D eigenvalue weighted by molar-refractivity contribution is 7.80. The van der Waals surface area contributed by atoms with Crippen molar-refractivity contribution in [1.82, 2.24) is 10.2 Å². The van der Waals surface area contributed by atoms with Crippen LogP contribution in [0.25, 0.3) is 0 Å². The summed E-state index contributed by atoms with van der Waals surface area (Å²) in [6, 6.07) is 16.7. The lowest BCUT2D eigenvalue weighted by Gasteiger charge is -2.35. The summed E-state index contributed by atoms with van der Waals surface area (Å²) in [5.41, 5.74) is 3.71. The predicted octanol–water partition coefficient (Wildman–Crippen LogP) is 4.14. The Balaban J connectivity index is 1.79. The molecule has 1 amide bonds. The Hall–Kier alpha value is -3.23. The van der Waals surface area contributed by atoms with Crippen LogP contribution in [0.15, 0.2) is 65.9 Å². The van der Waals surface area contributed by atoms with E-state index in [4.69, 9.17) is 21.7 Å². The van der Waals surface area contributed by atoms with Gasteiger partial charge in [0.1, 0.15) is 6.61 Å². The second-order valence-corrected chi connectivity index (χ2v) is 8.44. The molecule has 2 aromatic carbocycles. The third kappa shape index (κ3) is 5.81. The Labute approximate surface area is 206 Å². The maximum Gasteiger partial charge on any atom is 0.338 e. The van der Waals surface area contributed by atoms with Crippen LogP contribution < -0.4 is 10.6 Å². The second kappa shape index (κ2) is 11.8. The smallest absolute Gasteiger partial charge is 0.338 e. The lowest BCUT2D eigenvalue weighted by atomic mass is 9.94. The van der Waals surface area contributed by atoms with Gasteiger partial charge < -0.3 is 25.0 Å².